The summed E-state index contributed by atoms with van der Waals surface area (Å²) in [6.45, 7) is 6.83. The minimum atomic E-state index is -0.245. The number of likely N-dealkylation sites (tertiary alicyclic amines) is 1. The third kappa shape index (κ3) is 3.63. The van der Waals surface area contributed by atoms with Gasteiger partial charge in [0.25, 0.3) is 0 Å². The fourth-order valence-corrected chi connectivity index (χ4v) is 4.67. The Hall–Kier alpha value is -2.74. The van der Waals surface area contributed by atoms with Crippen molar-refractivity contribution in [3.05, 3.63) is 53.8 Å². The van der Waals surface area contributed by atoms with E-state index in [2.05, 4.69) is 15.9 Å². The first-order valence-electron chi connectivity index (χ1n) is 10.8. The average molecular weight is 421 g/mol. The standard InChI is InChI=1S/C24H24FN3O3/c25-19-3-1-16(2-4-19)24-18(12-27-13-20(14-27)28-5-7-29-8-6-28)9-17-10-22-23(31-15-30-22)11-21(17)26-24/h1-4,9-11,20H,5-8,12-15H2. The van der Waals surface area contributed by atoms with Crippen molar-refractivity contribution in [1.82, 2.24) is 14.8 Å². The third-order valence-electron chi connectivity index (χ3n) is 6.40. The van der Waals surface area contributed by atoms with Crippen LogP contribution in [0.25, 0.3) is 22.2 Å². The van der Waals surface area contributed by atoms with E-state index in [0.717, 1.165) is 79.4 Å². The molecule has 0 radical (unpaired) electrons. The third-order valence-corrected chi connectivity index (χ3v) is 6.40. The molecule has 2 fully saturated rings. The molecule has 1 aromatic heterocycles. The van der Waals surface area contributed by atoms with Gasteiger partial charge in [0.15, 0.2) is 11.5 Å². The zero-order valence-corrected chi connectivity index (χ0v) is 17.2. The van der Waals surface area contributed by atoms with Gasteiger partial charge in [-0.2, -0.15) is 0 Å². The van der Waals surface area contributed by atoms with E-state index in [-0.39, 0.29) is 12.6 Å². The monoisotopic (exact) mass is 421 g/mol. The fraction of sp³-hybridized carbons (Fsp3) is 0.375. The van der Waals surface area contributed by atoms with Crippen LogP contribution in [0, 0.1) is 5.82 Å². The molecule has 0 N–H and O–H groups in total. The number of pyridine rings is 1. The smallest absolute Gasteiger partial charge is 0.231 e. The largest absolute Gasteiger partial charge is 0.454 e. The highest BCUT2D eigenvalue weighted by molar-refractivity contribution is 5.86. The van der Waals surface area contributed by atoms with Crippen LogP contribution in [0.1, 0.15) is 5.56 Å². The van der Waals surface area contributed by atoms with Crippen LogP contribution in [0.4, 0.5) is 4.39 Å². The number of fused-ring (bicyclic) bond motifs is 2. The van der Waals surface area contributed by atoms with Crippen molar-refractivity contribution in [3.8, 4) is 22.8 Å². The van der Waals surface area contributed by atoms with Crippen LogP contribution >= 0.6 is 0 Å². The molecular formula is C24H24FN3O3. The highest BCUT2D eigenvalue weighted by Gasteiger charge is 2.33. The Morgan fingerprint density at radius 2 is 1.71 bits per heavy atom. The second kappa shape index (κ2) is 7.75. The molecule has 2 saturated heterocycles. The summed E-state index contributed by atoms with van der Waals surface area (Å²) in [5, 5.41) is 1.02. The molecule has 31 heavy (non-hydrogen) atoms. The summed E-state index contributed by atoms with van der Waals surface area (Å²) in [5.41, 5.74) is 3.79. The maximum atomic E-state index is 13.5. The van der Waals surface area contributed by atoms with Gasteiger partial charge < -0.3 is 14.2 Å². The zero-order chi connectivity index (χ0) is 20.8. The van der Waals surface area contributed by atoms with E-state index in [9.17, 15) is 4.39 Å². The number of ether oxygens (including phenoxy) is 3. The molecule has 160 valence electrons. The fourth-order valence-electron chi connectivity index (χ4n) is 4.67. The lowest BCUT2D eigenvalue weighted by molar-refractivity contribution is -0.0343. The molecule has 0 bridgehead atoms. The summed E-state index contributed by atoms with van der Waals surface area (Å²) in [7, 11) is 0. The lowest BCUT2D eigenvalue weighted by Crippen LogP contribution is -2.60. The summed E-state index contributed by atoms with van der Waals surface area (Å²) < 4.78 is 30.1. The van der Waals surface area contributed by atoms with Crippen molar-refractivity contribution in [1.29, 1.82) is 0 Å². The van der Waals surface area contributed by atoms with Gasteiger partial charge >= 0.3 is 0 Å². The van der Waals surface area contributed by atoms with Crippen molar-refractivity contribution < 1.29 is 18.6 Å². The quantitative estimate of drug-likeness (QED) is 0.644. The number of hydrogen-bond acceptors (Lipinski definition) is 6. The molecule has 3 aromatic rings. The van der Waals surface area contributed by atoms with Crippen molar-refractivity contribution in [2.24, 2.45) is 0 Å². The second-order valence-electron chi connectivity index (χ2n) is 8.40. The maximum absolute atomic E-state index is 13.5. The number of halogens is 1. The van der Waals surface area contributed by atoms with Crippen molar-refractivity contribution in [3.63, 3.8) is 0 Å². The van der Waals surface area contributed by atoms with Gasteiger partial charge in [-0.15, -0.1) is 0 Å². The Morgan fingerprint density at radius 3 is 2.48 bits per heavy atom. The molecule has 6 nitrogen and oxygen atoms in total. The highest BCUT2D eigenvalue weighted by Crippen LogP contribution is 2.37. The molecule has 4 heterocycles. The predicted octanol–water partition coefficient (Wildman–Crippen LogP) is 3.29. The summed E-state index contributed by atoms with van der Waals surface area (Å²) in [4.78, 5) is 9.94. The lowest BCUT2D eigenvalue weighted by atomic mass is 9.99. The van der Waals surface area contributed by atoms with Crippen LogP contribution in [0.2, 0.25) is 0 Å². The first-order chi connectivity index (χ1) is 15.2. The summed E-state index contributed by atoms with van der Waals surface area (Å²) in [6, 6.07) is 13.3. The van der Waals surface area contributed by atoms with E-state index in [4.69, 9.17) is 19.2 Å². The van der Waals surface area contributed by atoms with Gasteiger partial charge in [0.2, 0.25) is 6.79 Å². The van der Waals surface area contributed by atoms with Crippen LogP contribution in [0.3, 0.4) is 0 Å². The van der Waals surface area contributed by atoms with Crippen molar-refractivity contribution >= 4 is 10.9 Å². The van der Waals surface area contributed by atoms with Gasteiger partial charge in [-0.3, -0.25) is 9.80 Å². The van der Waals surface area contributed by atoms with E-state index in [1.807, 2.05) is 12.1 Å². The Balaban J connectivity index is 1.31. The van der Waals surface area contributed by atoms with Gasteiger partial charge in [0.05, 0.1) is 24.4 Å². The molecule has 0 aliphatic carbocycles. The molecule has 3 aliphatic heterocycles. The van der Waals surface area contributed by atoms with E-state index in [0.29, 0.717) is 11.8 Å². The zero-order valence-electron chi connectivity index (χ0n) is 17.2. The first-order valence-corrected chi connectivity index (χ1v) is 10.8. The SMILES string of the molecule is Fc1ccc(-c2nc3cc4c(cc3cc2CN2CC(N3CCOCC3)C2)OCO4)cc1. The molecular weight excluding hydrogens is 397 g/mol. The number of nitrogens with zero attached hydrogens (tertiary/aromatic N) is 3. The average Bonchev–Trinajstić information content (AvgIpc) is 3.22. The number of morpholine rings is 1. The summed E-state index contributed by atoms with van der Waals surface area (Å²) in [6.07, 6.45) is 0. The Morgan fingerprint density at radius 1 is 0.968 bits per heavy atom. The lowest BCUT2D eigenvalue weighted by Gasteiger charge is -2.46. The van der Waals surface area contributed by atoms with Gasteiger partial charge in [-0.25, -0.2) is 9.37 Å². The molecule has 2 aromatic carbocycles. The summed E-state index contributed by atoms with van der Waals surface area (Å²) >= 11 is 0. The van der Waals surface area contributed by atoms with Crippen molar-refractivity contribution in [2.45, 2.75) is 12.6 Å². The van der Waals surface area contributed by atoms with Crippen LogP contribution < -0.4 is 9.47 Å². The molecule has 0 unspecified atom stereocenters. The predicted molar refractivity (Wildman–Crippen MR) is 115 cm³/mol. The van der Waals surface area contributed by atoms with Gasteiger partial charge in [0.1, 0.15) is 5.82 Å². The number of aromatic nitrogens is 1. The molecule has 6 rings (SSSR count). The summed E-state index contributed by atoms with van der Waals surface area (Å²) in [5.74, 6) is 1.23. The van der Waals surface area contributed by atoms with Crippen LogP contribution in [0.5, 0.6) is 11.5 Å². The van der Waals surface area contributed by atoms with E-state index >= 15 is 0 Å². The normalized spacial score (nSPS) is 19.6. The number of rotatable bonds is 4. The molecule has 0 amide bonds. The number of benzene rings is 2. The molecule has 0 saturated carbocycles. The van der Waals surface area contributed by atoms with Crippen LogP contribution in [-0.2, 0) is 11.3 Å². The van der Waals surface area contributed by atoms with Crippen LogP contribution in [-0.4, -0.2) is 67.0 Å². The van der Waals surface area contributed by atoms with Gasteiger partial charge in [-0.1, -0.05) is 0 Å². The van der Waals surface area contributed by atoms with Gasteiger partial charge in [-0.05, 0) is 42.0 Å². The topological polar surface area (TPSA) is 47.1 Å². The Kier molecular flexibility index (Phi) is 4.74. The molecule has 7 heteroatoms. The van der Waals surface area contributed by atoms with E-state index in [1.54, 1.807) is 12.1 Å². The Bertz CT molecular complexity index is 1110. The molecule has 3 aliphatic rings. The second-order valence-corrected chi connectivity index (χ2v) is 8.40. The molecule has 0 atom stereocenters. The minimum Gasteiger partial charge on any atom is -0.454 e. The van der Waals surface area contributed by atoms with Crippen molar-refractivity contribution in [2.75, 3.05) is 46.2 Å². The molecule has 0 spiro atoms. The first kappa shape index (κ1) is 19.0. The maximum Gasteiger partial charge on any atom is 0.231 e. The Labute approximate surface area is 180 Å². The highest BCUT2D eigenvalue weighted by atomic mass is 19.1. The minimum absolute atomic E-state index is 0.236. The van der Waals surface area contributed by atoms with Gasteiger partial charge in [0, 0.05) is 55.8 Å². The van der Waals surface area contributed by atoms with Crippen LogP contribution in [0.15, 0.2) is 42.5 Å². The van der Waals surface area contributed by atoms with E-state index in [1.165, 1.54) is 12.1 Å². The number of hydrogen-bond donors (Lipinski definition) is 0. The van der Waals surface area contributed by atoms with E-state index < -0.39 is 0 Å².